The molecule has 1 aromatic carbocycles. The van der Waals surface area contributed by atoms with E-state index in [1.54, 1.807) is 17.0 Å². The van der Waals surface area contributed by atoms with Crippen molar-refractivity contribution in [2.75, 3.05) is 0 Å². The van der Waals surface area contributed by atoms with Gasteiger partial charge in [-0.25, -0.2) is 4.98 Å². The maximum Gasteiger partial charge on any atom is 0.417 e. The van der Waals surface area contributed by atoms with Crippen LogP contribution in [0.15, 0.2) is 23.0 Å². The zero-order valence-corrected chi connectivity index (χ0v) is 9.34. The number of alkyl halides is 3. The van der Waals surface area contributed by atoms with Crippen molar-refractivity contribution in [2.24, 2.45) is 0 Å². The molecule has 0 amide bonds. The number of hydrogen-bond acceptors (Lipinski definition) is 3. The lowest BCUT2D eigenvalue weighted by Crippen LogP contribution is -2.04. The number of thiazole rings is 1. The second-order valence-electron chi connectivity index (χ2n) is 3.28. The standard InChI is InChI=1S/C10H4F3NS2/c11-10(12,13)6-3-7-8(14-4-16-7)5-1-2-15-9(5)6/h1-4H. The number of nitrogens with zero attached hydrogens (tertiary/aromatic N) is 1. The van der Waals surface area contributed by atoms with Gasteiger partial charge in [0.05, 0.1) is 21.3 Å². The molecule has 0 aliphatic rings. The lowest BCUT2D eigenvalue weighted by molar-refractivity contribution is -0.136. The first kappa shape index (κ1) is 10.0. The summed E-state index contributed by atoms with van der Waals surface area (Å²) in [4.78, 5) is 4.10. The molecule has 3 aromatic rings. The van der Waals surface area contributed by atoms with Gasteiger partial charge in [0.25, 0.3) is 0 Å². The van der Waals surface area contributed by atoms with Crippen LogP contribution in [0, 0.1) is 0 Å². The second-order valence-corrected chi connectivity index (χ2v) is 5.09. The summed E-state index contributed by atoms with van der Waals surface area (Å²) in [6.45, 7) is 0. The molecule has 1 nitrogen and oxygen atoms in total. The molecule has 82 valence electrons. The smallest absolute Gasteiger partial charge is 0.244 e. The van der Waals surface area contributed by atoms with Gasteiger partial charge in [0.15, 0.2) is 0 Å². The lowest BCUT2D eigenvalue weighted by Gasteiger charge is -2.07. The molecular formula is C10H4F3NS2. The van der Waals surface area contributed by atoms with Crippen LogP contribution in [0.25, 0.3) is 20.3 Å². The monoisotopic (exact) mass is 259 g/mol. The second kappa shape index (κ2) is 3.18. The summed E-state index contributed by atoms with van der Waals surface area (Å²) in [5, 5.41) is 2.26. The molecule has 2 heterocycles. The van der Waals surface area contributed by atoms with E-state index >= 15 is 0 Å². The molecule has 3 rings (SSSR count). The minimum atomic E-state index is -4.30. The number of hydrogen-bond donors (Lipinski definition) is 0. The highest BCUT2D eigenvalue weighted by atomic mass is 32.1. The number of aromatic nitrogens is 1. The number of halogens is 3. The zero-order chi connectivity index (χ0) is 11.3. The van der Waals surface area contributed by atoms with Gasteiger partial charge >= 0.3 is 6.18 Å². The van der Waals surface area contributed by atoms with Crippen molar-refractivity contribution < 1.29 is 13.2 Å². The van der Waals surface area contributed by atoms with E-state index in [9.17, 15) is 13.2 Å². The molecule has 0 atom stereocenters. The van der Waals surface area contributed by atoms with E-state index in [-0.39, 0.29) is 4.70 Å². The highest BCUT2D eigenvalue weighted by Crippen LogP contribution is 2.41. The summed E-state index contributed by atoms with van der Waals surface area (Å²) in [5.41, 5.74) is 1.67. The normalized spacial score (nSPS) is 12.7. The van der Waals surface area contributed by atoms with Crippen LogP contribution in [0.4, 0.5) is 13.2 Å². The molecular weight excluding hydrogens is 255 g/mol. The third-order valence-corrected chi connectivity index (χ3v) is 4.06. The van der Waals surface area contributed by atoms with Gasteiger partial charge < -0.3 is 0 Å². The summed E-state index contributed by atoms with van der Waals surface area (Å²) >= 11 is 2.33. The number of thiophene rings is 1. The first-order valence-electron chi connectivity index (χ1n) is 4.38. The topological polar surface area (TPSA) is 12.9 Å². The average molecular weight is 259 g/mol. The van der Waals surface area contributed by atoms with Crippen LogP contribution in [-0.2, 0) is 6.18 Å². The van der Waals surface area contributed by atoms with Gasteiger partial charge in [-0.05, 0) is 17.5 Å². The molecule has 0 saturated carbocycles. The van der Waals surface area contributed by atoms with Crippen molar-refractivity contribution in [1.29, 1.82) is 0 Å². The van der Waals surface area contributed by atoms with Gasteiger partial charge in [0.1, 0.15) is 0 Å². The van der Waals surface area contributed by atoms with Crippen LogP contribution in [0.3, 0.4) is 0 Å². The molecule has 0 radical (unpaired) electrons. The van der Waals surface area contributed by atoms with E-state index in [2.05, 4.69) is 4.98 Å². The van der Waals surface area contributed by atoms with Crippen molar-refractivity contribution in [3.8, 4) is 0 Å². The first-order valence-corrected chi connectivity index (χ1v) is 6.14. The fourth-order valence-corrected chi connectivity index (χ4v) is 3.34. The predicted molar refractivity (Wildman–Crippen MR) is 60.0 cm³/mol. The molecule has 0 aliphatic heterocycles. The molecule has 0 saturated heterocycles. The van der Waals surface area contributed by atoms with Gasteiger partial charge in [0.2, 0.25) is 0 Å². The van der Waals surface area contributed by atoms with E-state index in [0.717, 1.165) is 11.3 Å². The van der Waals surface area contributed by atoms with Crippen LogP contribution in [0.5, 0.6) is 0 Å². The largest absolute Gasteiger partial charge is 0.417 e. The highest BCUT2D eigenvalue weighted by Gasteiger charge is 2.34. The van der Waals surface area contributed by atoms with E-state index in [1.807, 2.05) is 0 Å². The van der Waals surface area contributed by atoms with Crippen LogP contribution in [0.1, 0.15) is 5.56 Å². The summed E-state index contributed by atoms with van der Waals surface area (Å²) < 4.78 is 39.3. The molecule has 0 aliphatic carbocycles. The van der Waals surface area contributed by atoms with Crippen LogP contribution in [0.2, 0.25) is 0 Å². The van der Waals surface area contributed by atoms with Crippen LogP contribution in [-0.4, -0.2) is 4.98 Å². The van der Waals surface area contributed by atoms with Crippen molar-refractivity contribution in [3.63, 3.8) is 0 Å². The minimum absolute atomic E-state index is 0.269. The Morgan fingerprint density at radius 1 is 1.19 bits per heavy atom. The SMILES string of the molecule is FC(F)(F)c1cc2scnc2c2ccsc12. The maximum atomic E-state index is 12.8. The zero-order valence-electron chi connectivity index (χ0n) is 7.71. The van der Waals surface area contributed by atoms with Gasteiger partial charge in [-0.1, -0.05) is 0 Å². The van der Waals surface area contributed by atoms with Gasteiger partial charge in [-0.15, -0.1) is 22.7 Å². The molecule has 0 unspecified atom stereocenters. The third-order valence-electron chi connectivity index (χ3n) is 2.34. The van der Waals surface area contributed by atoms with Gasteiger partial charge in [-0.3, -0.25) is 0 Å². The maximum absolute atomic E-state index is 12.8. The molecule has 2 aromatic heterocycles. The molecule has 6 heteroatoms. The average Bonchev–Trinajstić information content (AvgIpc) is 2.82. The fraction of sp³-hybridized carbons (Fsp3) is 0.100. The molecule has 0 spiro atoms. The predicted octanol–water partition coefficient (Wildman–Crippen LogP) is 4.53. The first-order chi connectivity index (χ1) is 7.57. The number of fused-ring (bicyclic) bond motifs is 3. The lowest BCUT2D eigenvalue weighted by atomic mass is 10.1. The van der Waals surface area contributed by atoms with E-state index in [4.69, 9.17) is 0 Å². The molecule has 0 fully saturated rings. The third kappa shape index (κ3) is 1.33. The molecule has 0 N–H and O–H groups in total. The van der Waals surface area contributed by atoms with Crippen LogP contribution >= 0.6 is 22.7 Å². The Balaban J connectivity index is 2.53. The molecule has 16 heavy (non-hydrogen) atoms. The number of benzene rings is 1. The van der Waals surface area contributed by atoms with Gasteiger partial charge in [0, 0.05) is 10.1 Å². The van der Waals surface area contributed by atoms with Crippen molar-refractivity contribution >= 4 is 43.0 Å². The highest BCUT2D eigenvalue weighted by molar-refractivity contribution is 7.19. The Morgan fingerprint density at radius 2 is 2.00 bits per heavy atom. The van der Waals surface area contributed by atoms with Crippen molar-refractivity contribution in [2.45, 2.75) is 6.18 Å². The summed E-state index contributed by atoms with van der Waals surface area (Å²) in [7, 11) is 0. The Kier molecular flexibility index (Phi) is 1.99. The quantitative estimate of drug-likeness (QED) is 0.578. The van der Waals surface area contributed by atoms with Crippen molar-refractivity contribution in [1.82, 2.24) is 4.98 Å². The number of rotatable bonds is 0. The van der Waals surface area contributed by atoms with Crippen molar-refractivity contribution in [3.05, 3.63) is 28.6 Å². The Morgan fingerprint density at radius 3 is 2.75 bits per heavy atom. The minimum Gasteiger partial charge on any atom is -0.244 e. The molecule has 0 bridgehead atoms. The van der Waals surface area contributed by atoms with E-state index in [0.29, 0.717) is 15.6 Å². The van der Waals surface area contributed by atoms with E-state index in [1.165, 1.54) is 17.4 Å². The van der Waals surface area contributed by atoms with Gasteiger partial charge in [-0.2, -0.15) is 13.2 Å². The Bertz CT molecular complexity index is 665. The summed E-state index contributed by atoms with van der Waals surface area (Å²) in [5.74, 6) is 0. The summed E-state index contributed by atoms with van der Waals surface area (Å²) in [6, 6.07) is 2.88. The van der Waals surface area contributed by atoms with E-state index < -0.39 is 11.7 Å². The Labute approximate surface area is 96.2 Å². The fourth-order valence-electron chi connectivity index (χ4n) is 1.67. The summed E-state index contributed by atoms with van der Waals surface area (Å²) in [6.07, 6.45) is -4.30. The Hall–Kier alpha value is -1.14. The van der Waals surface area contributed by atoms with Crippen LogP contribution < -0.4 is 0 Å².